The lowest BCUT2D eigenvalue weighted by atomic mass is 10.0. The van der Waals surface area contributed by atoms with Gasteiger partial charge in [0.2, 0.25) is 5.91 Å². The highest BCUT2D eigenvalue weighted by molar-refractivity contribution is 7.18. The largest absolute Gasteiger partial charge is 0.330 e. The number of nitrogens with zero attached hydrogens (tertiary/aromatic N) is 3. The Balaban J connectivity index is 1.39. The van der Waals surface area contributed by atoms with Gasteiger partial charge >= 0.3 is 0 Å². The monoisotopic (exact) mass is 399 g/mol. The highest BCUT2D eigenvalue weighted by Gasteiger charge is 2.29. The van der Waals surface area contributed by atoms with Gasteiger partial charge in [0, 0.05) is 18.0 Å². The van der Waals surface area contributed by atoms with Crippen LogP contribution in [0.5, 0.6) is 0 Å². The molecule has 5 heteroatoms. The first-order chi connectivity index (χ1) is 14.3. The highest BCUT2D eigenvalue weighted by atomic mass is 32.1. The summed E-state index contributed by atoms with van der Waals surface area (Å²) < 4.78 is 1.18. The number of benzene rings is 2. The molecule has 29 heavy (non-hydrogen) atoms. The van der Waals surface area contributed by atoms with Gasteiger partial charge in [-0.05, 0) is 49.6 Å². The lowest BCUT2D eigenvalue weighted by molar-refractivity contribution is -0.129. The first kappa shape index (κ1) is 18.0. The summed E-state index contributed by atoms with van der Waals surface area (Å²) in [7, 11) is 0. The predicted octanol–water partition coefficient (Wildman–Crippen LogP) is 5.61. The maximum atomic E-state index is 13.0. The minimum absolute atomic E-state index is 0.0314. The molecule has 1 aliphatic heterocycles. The first-order valence-corrected chi connectivity index (χ1v) is 10.8. The van der Waals surface area contributed by atoms with Crippen LogP contribution in [0.2, 0.25) is 0 Å². The van der Waals surface area contributed by atoms with Gasteiger partial charge in [0.25, 0.3) is 0 Å². The smallest absolute Gasteiger partial charge is 0.247 e. The molecule has 1 amide bonds. The van der Waals surface area contributed by atoms with Crippen LogP contribution >= 0.6 is 11.3 Å². The van der Waals surface area contributed by atoms with E-state index in [0.29, 0.717) is 0 Å². The zero-order chi connectivity index (χ0) is 19.6. The number of rotatable bonds is 3. The second kappa shape index (κ2) is 7.76. The normalized spacial score (nSPS) is 17.4. The number of carbonyl (C=O) groups is 1. The van der Waals surface area contributed by atoms with Gasteiger partial charge in [0.1, 0.15) is 5.01 Å². The Labute approximate surface area is 173 Å². The van der Waals surface area contributed by atoms with E-state index in [1.54, 1.807) is 17.4 Å². The molecule has 4 aromatic rings. The van der Waals surface area contributed by atoms with E-state index in [2.05, 4.69) is 11.1 Å². The van der Waals surface area contributed by atoms with E-state index in [1.165, 1.54) is 4.70 Å². The Hall–Kier alpha value is -3.05. The van der Waals surface area contributed by atoms with Crippen molar-refractivity contribution >= 4 is 44.4 Å². The third-order valence-corrected chi connectivity index (χ3v) is 6.54. The summed E-state index contributed by atoms with van der Waals surface area (Å²) in [4.78, 5) is 24.4. The van der Waals surface area contributed by atoms with Crippen LogP contribution in [0.3, 0.4) is 0 Å². The van der Waals surface area contributed by atoms with Gasteiger partial charge in [-0.2, -0.15) is 0 Å². The van der Waals surface area contributed by atoms with E-state index in [4.69, 9.17) is 4.98 Å². The molecule has 0 aliphatic carbocycles. The van der Waals surface area contributed by atoms with Crippen molar-refractivity contribution in [1.29, 1.82) is 0 Å². The van der Waals surface area contributed by atoms with Crippen molar-refractivity contribution in [2.45, 2.75) is 25.3 Å². The molecule has 0 bridgehead atoms. The van der Waals surface area contributed by atoms with Crippen LogP contribution in [0.25, 0.3) is 27.2 Å². The Morgan fingerprint density at radius 1 is 0.966 bits per heavy atom. The van der Waals surface area contributed by atoms with E-state index < -0.39 is 0 Å². The van der Waals surface area contributed by atoms with Crippen molar-refractivity contribution in [2.75, 3.05) is 6.54 Å². The number of para-hydroxylation sites is 2. The summed E-state index contributed by atoms with van der Waals surface area (Å²) in [5.41, 5.74) is 2.75. The van der Waals surface area contributed by atoms with Crippen LogP contribution < -0.4 is 0 Å². The molecule has 1 unspecified atom stereocenters. The second-order valence-corrected chi connectivity index (χ2v) is 8.39. The fourth-order valence-corrected chi connectivity index (χ4v) is 5.03. The quantitative estimate of drug-likeness (QED) is 0.421. The molecule has 4 nitrogen and oxygen atoms in total. The van der Waals surface area contributed by atoms with Gasteiger partial charge in [-0.1, -0.05) is 36.4 Å². The van der Waals surface area contributed by atoms with Gasteiger partial charge in [0.15, 0.2) is 0 Å². The van der Waals surface area contributed by atoms with Gasteiger partial charge in [-0.25, -0.2) is 9.97 Å². The number of amides is 1. The Morgan fingerprint density at radius 2 is 1.79 bits per heavy atom. The molecule has 144 valence electrons. The van der Waals surface area contributed by atoms with E-state index in [9.17, 15) is 4.79 Å². The zero-order valence-electron chi connectivity index (χ0n) is 16.0. The molecule has 2 aromatic heterocycles. The Kier molecular flexibility index (Phi) is 4.82. The molecule has 0 spiro atoms. The standard InChI is InChI=1S/C24H21N3OS/c28-23(15-14-18-13-12-17-7-1-2-8-19(17)25-18)27-16-6-5-10-21(27)24-26-20-9-3-4-11-22(20)29-24/h1-4,7-9,11-15,21H,5-6,10,16H2/b15-14+. The predicted molar refractivity (Wildman–Crippen MR) is 119 cm³/mol. The summed E-state index contributed by atoms with van der Waals surface area (Å²) in [6.45, 7) is 0.773. The number of fused-ring (bicyclic) bond motifs is 2. The number of hydrogen-bond acceptors (Lipinski definition) is 4. The molecule has 0 saturated carbocycles. The van der Waals surface area contributed by atoms with Crippen molar-refractivity contribution in [3.8, 4) is 0 Å². The van der Waals surface area contributed by atoms with Gasteiger partial charge < -0.3 is 4.90 Å². The molecule has 1 saturated heterocycles. The molecular weight excluding hydrogens is 378 g/mol. The molecule has 1 fully saturated rings. The number of likely N-dealkylation sites (tertiary alicyclic amines) is 1. The molecule has 1 atom stereocenters. The Bertz CT molecular complexity index is 1180. The molecule has 0 radical (unpaired) electrons. The third-order valence-electron chi connectivity index (χ3n) is 5.40. The fraction of sp³-hybridized carbons (Fsp3) is 0.208. The molecule has 3 heterocycles. The van der Waals surface area contributed by atoms with Crippen LogP contribution in [0, 0.1) is 0 Å². The summed E-state index contributed by atoms with van der Waals surface area (Å²) in [6.07, 6.45) is 6.60. The van der Waals surface area contributed by atoms with E-state index in [1.807, 2.05) is 65.6 Å². The van der Waals surface area contributed by atoms with Crippen molar-refractivity contribution < 1.29 is 4.79 Å². The summed E-state index contributed by atoms with van der Waals surface area (Å²) >= 11 is 1.70. The average molecular weight is 400 g/mol. The van der Waals surface area contributed by atoms with Gasteiger partial charge in [0.05, 0.1) is 27.5 Å². The number of pyridine rings is 1. The maximum absolute atomic E-state index is 13.0. The average Bonchev–Trinajstić information content (AvgIpc) is 3.21. The van der Waals surface area contributed by atoms with Gasteiger partial charge in [-0.3, -0.25) is 4.79 Å². The topological polar surface area (TPSA) is 46.1 Å². The maximum Gasteiger partial charge on any atom is 0.247 e. The van der Waals surface area contributed by atoms with Crippen LogP contribution in [0.1, 0.15) is 36.0 Å². The van der Waals surface area contributed by atoms with E-state index >= 15 is 0 Å². The van der Waals surface area contributed by atoms with Crippen molar-refractivity contribution in [3.63, 3.8) is 0 Å². The van der Waals surface area contributed by atoms with Crippen molar-refractivity contribution in [1.82, 2.24) is 14.9 Å². The molecule has 1 aliphatic rings. The Morgan fingerprint density at radius 3 is 2.69 bits per heavy atom. The number of thiazole rings is 1. The SMILES string of the molecule is O=C(/C=C/c1ccc2ccccc2n1)N1CCCCC1c1nc2ccccc2s1. The number of piperidine rings is 1. The fourth-order valence-electron chi connectivity index (χ4n) is 3.91. The second-order valence-electron chi connectivity index (χ2n) is 7.33. The van der Waals surface area contributed by atoms with E-state index in [0.717, 1.165) is 52.9 Å². The summed E-state index contributed by atoms with van der Waals surface area (Å²) in [5.74, 6) is 0.0314. The third kappa shape index (κ3) is 3.66. The minimum Gasteiger partial charge on any atom is -0.330 e. The minimum atomic E-state index is 0.0314. The van der Waals surface area contributed by atoms with E-state index in [-0.39, 0.29) is 11.9 Å². The van der Waals surface area contributed by atoms with Crippen molar-refractivity contribution in [2.24, 2.45) is 0 Å². The molecule has 5 rings (SSSR count). The van der Waals surface area contributed by atoms with Gasteiger partial charge in [-0.15, -0.1) is 11.3 Å². The first-order valence-electron chi connectivity index (χ1n) is 9.98. The molecule has 2 aromatic carbocycles. The lowest BCUT2D eigenvalue weighted by Gasteiger charge is -2.33. The highest BCUT2D eigenvalue weighted by Crippen LogP contribution is 2.35. The van der Waals surface area contributed by atoms with Crippen LogP contribution in [0.15, 0.2) is 66.7 Å². The number of hydrogen-bond donors (Lipinski definition) is 0. The van der Waals surface area contributed by atoms with Crippen molar-refractivity contribution in [3.05, 3.63) is 77.4 Å². The number of aromatic nitrogens is 2. The summed E-state index contributed by atoms with van der Waals surface area (Å²) in [6, 6.07) is 20.2. The summed E-state index contributed by atoms with van der Waals surface area (Å²) in [5, 5.41) is 2.14. The molecule has 0 N–H and O–H groups in total. The van der Waals surface area contributed by atoms with Crippen LogP contribution in [-0.4, -0.2) is 27.3 Å². The lowest BCUT2D eigenvalue weighted by Crippen LogP contribution is -2.37. The van der Waals surface area contributed by atoms with Crippen LogP contribution in [-0.2, 0) is 4.79 Å². The molecular formula is C24H21N3OS. The zero-order valence-corrected chi connectivity index (χ0v) is 16.8. The van der Waals surface area contributed by atoms with Crippen LogP contribution in [0.4, 0.5) is 0 Å². The number of carbonyl (C=O) groups excluding carboxylic acids is 1.